The van der Waals surface area contributed by atoms with Crippen molar-refractivity contribution in [2.24, 2.45) is 0 Å². The van der Waals surface area contributed by atoms with Gasteiger partial charge in [-0.15, -0.1) is 0 Å². The second-order valence-electron chi connectivity index (χ2n) is 6.76. The second-order valence-corrected chi connectivity index (χ2v) is 6.76. The second kappa shape index (κ2) is 4.26. The fourth-order valence-corrected chi connectivity index (χ4v) is 2.39. The Kier molecular flexibility index (Phi) is 3.12. The van der Waals surface area contributed by atoms with Gasteiger partial charge in [-0.2, -0.15) is 0 Å². The van der Waals surface area contributed by atoms with Gasteiger partial charge in [-0.05, 0) is 31.4 Å². The van der Waals surface area contributed by atoms with Crippen molar-refractivity contribution in [1.82, 2.24) is 0 Å². The third-order valence-electron chi connectivity index (χ3n) is 3.37. The molecule has 0 spiro atoms. The SMILES string of the molecule is COc1cc2c(c(C(C)(C)C)c1)OC(C)(C)CC2=O. The summed E-state index contributed by atoms with van der Waals surface area (Å²) in [5, 5.41) is 0. The van der Waals surface area contributed by atoms with E-state index in [-0.39, 0.29) is 11.2 Å². The van der Waals surface area contributed by atoms with E-state index in [1.807, 2.05) is 19.9 Å². The Morgan fingerprint density at radius 1 is 1.26 bits per heavy atom. The Hall–Kier alpha value is -1.51. The summed E-state index contributed by atoms with van der Waals surface area (Å²) in [6.07, 6.45) is 0.400. The van der Waals surface area contributed by atoms with Gasteiger partial charge in [-0.3, -0.25) is 4.79 Å². The molecule has 1 aromatic carbocycles. The zero-order chi connectivity index (χ0) is 14.4. The molecule has 1 heterocycles. The van der Waals surface area contributed by atoms with Crippen molar-refractivity contribution in [1.29, 1.82) is 0 Å². The quantitative estimate of drug-likeness (QED) is 0.773. The Morgan fingerprint density at radius 2 is 1.89 bits per heavy atom. The van der Waals surface area contributed by atoms with Gasteiger partial charge in [-0.25, -0.2) is 0 Å². The minimum atomic E-state index is -0.446. The van der Waals surface area contributed by atoms with Crippen LogP contribution in [0.3, 0.4) is 0 Å². The summed E-state index contributed by atoms with van der Waals surface area (Å²) in [6, 6.07) is 3.75. The number of rotatable bonds is 1. The molecular weight excluding hydrogens is 240 g/mol. The number of hydrogen-bond acceptors (Lipinski definition) is 3. The van der Waals surface area contributed by atoms with Crippen molar-refractivity contribution >= 4 is 5.78 Å². The maximum absolute atomic E-state index is 12.3. The van der Waals surface area contributed by atoms with E-state index in [4.69, 9.17) is 9.47 Å². The number of ether oxygens (including phenoxy) is 2. The van der Waals surface area contributed by atoms with Crippen molar-refractivity contribution < 1.29 is 14.3 Å². The van der Waals surface area contributed by atoms with E-state index in [1.165, 1.54) is 0 Å². The van der Waals surface area contributed by atoms with Crippen molar-refractivity contribution in [3.8, 4) is 11.5 Å². The maximum atomic E-state index is 12.3. The first-order valence-corrected chi connectivity index (χ1v) is 6.59. The fraction of sp³-hybridized carbons (Fsp3) is 0.562. The monoisotopic (exact) mass is 262 g/mol. The molecule has 0 atom stereocenters. The molecule has 1 aliphatic rings. The summed E-state index contributed by atoms with van der Waals surface area (Å²) < 4.78 is 11.4. The van der Waals surface area contributed by atoms with E-state index in [2.05, 4.69) is 20.8 Å². The number of hydrogen-bond donors (Lipinski definition) is 0. The van der Waals surface area contributed by atoms with Crippen LogP contribution in [0.1, 0.15) is 57.0 Å². The van der Waals surface area contributed by atoms with Gasteiger partial charge in [0.25, 0.3) is 0 Å². The van der Waals surface area contributed by atoms with Crippen LogP contribution in [0.4, 0.5) is 0 Å². The van der Waals surface area contributed by atoms with Crippen LogP contribution in [0, 0.1) is 0 Å². The summed E-state index contributed by atoms with van der Waals surface area (Å²) in [6.45, 7) is 10.2. The fourth-order valence-electron chi connectivity index (χ4n) is 2.39. The molecule has 0 aliphatic carbocycles. The van der Waals surface area contributed by atoms with Crippen LogP contribution in [0.15, 0.2) is 12.1 Å². The topological polar surface area (TPSA) is 35.5 Å². The van der Waals surface area contributed by atoms with Crippen LogP contribution in [-0.2, 0) is 5.41 Å². The van der Waals surface area contributed by atoms with Crippen LogP contribution in [0.2, 0.25) is 0 Å². The first-order valence-electron chi connectivity index (χ1n) is 6.59. The molecule has 19 heavy (non-hydrogen) atoms. The predicted octanol–water partition coefficient (Wildman–Crippen LogP) is 3.74. The van der Waals surface area contributed by atoms with Gasteiger partial charge in [0.1, 0.15) is 17.1 Å². The Balaban J connectivity index is 2.69. The summed E-state index contributed by atoms with van der Waals surface area (Å²) >= 11 is 0. The number of methoxy groups -OCH3 is 1. The summed E-state index contributed by atoms with van der Waals surface area (Å²) in [4.78, 5) is 12.3. The lowest BCUT2D eigenvalue weighted by Gasteiger charge is -2.35. The van der Waals surface area contributed by atoms with Crippen LogP contribution in [-0.4, -0.2) is 18.5 Å². The van der Waals surface area contributed by atoms with Gasteiger partial charge >= 0.3 is 0 Å². The Morgan fingerprint density at radius 3 is 2.42 bits per heavy atom. The van der Waals surface area contributed by atoms with Crippen molar-refractivity contribution in [2.45, 2.75) is 52.1 Å². The number of carbonyl (C=O) groups is 1. The molecule has 0 fully saturated rings. The molecule has 3 nitrogen and oxygen atoms in total. The van der Waals surface area contributed by atoms with Crippen LogP contribution < -0.4 is 9.47 Å². The highest BCUT2D eigenvalue weighted by Gasteiger charge is 2.36. The highest BCUT2D eigenvalue weighted by Crippen LogP contribution is 2.43. The Bertz CT molecular complexity index is 522. The Labute approximate surface area is 114 Å². The number of benzene rings is 1. The minimum Gasteiger partial charge on any atom is -0.497 e. The minimum absolute atomic E-state index is 0.105. The zero-order valence-electron chi connectivity index (χ0n) is 12.6. The van der Waals surface area contributed by atoms with Crippen molar-refractivity contribution in [3.63, 3.8) is 0 Å². The molecule has 104 valence electrons. The van der Waals surface area contributed by atoms with E-state index < -0.39 is 5.60 Å². The van der Waals surface area contributed by atoms with E-state index in [1.54, 1.807) is 13.2 Å². The average molecular weight is 262 g/mol. The lowest BCUT2D eigenvalue weighted by Crippen LogP contribution is -2.37. The number of ketones is 1. The maximum Gasteiger partial charge on any atom is 0.170 e. The highest BCUT2D eigenvalue weighted by atomic mass is 16.5. The van der Waals surface area contributed by atoms with Gasteiger partial charge in [0.15, 0.2) is 5.78 Å². The molecule has 0 N–H and O–H groups in total. The first-order chi connectivity index (χ1) is 8.64. The smallest absolute Gasteiger partial charge is 0.170 e. The van der Waals surface area contributed by atoms with E-state index in [9.17, 15) is 4.79 Å². The van der Waals surface area contributed by atoms with E-state index in [0.717, 1.165) is 11.3 Å². The zero-order valence-corrected chi connectivity index (χ0v) is 12.6. The predicted molar refractivity (Wildman–Crippen MR) is 75.3 cm³/mol. The van der Waals surface area contributed by atoms with Crippen LogP contribution in [0.5, 0.6) is 11.5 Å². The summed E-state index contributed by atoms with van der Waals surface area (Å²) in [5.74, 6) is 1.55. The molecule has 0 aromatic heterocycles. The van der Waals surface area contributed by atoms with Crippen molar-refractivity contribution in [3.05, 3.63) is 23.3 Å². The highest BCUT2D eigenvalue weighted by molar-refractivity contribution is 6.01. The molecule has 1 aromatic rings. The van der Waals surface area contributed by atoms with Crippen molar-refractivity contribution in [2.75, 3.05) is 7.11 Å². The van der Waals surface area contributed by atoms with Gasteiger partial charge in [0, 0.05) is 5.56 Å². The summed E-state index contributed by atoms with van der Waals surface area (Å²) in [7, 11) is 1.62. The van der Waals surface area contributed by atoms with Gasteiger partial charge in [0.05, 0.1) is 19.1 Å². The summed E-state index contributed by atoms with van der Waals surface area (Å²) in [5.41, 5.74) is 1.11. The molecule has 1 aliphatic heterocycles. The molecule has 0 saturated heterocycles. The molecule has 2 rings (SSSR count). The molecule has 0 radical (unpaired) electrons. The molecule has 0 bridgehead atoms. The van der Waals surface area contributed by atoms with E-state index >= 15 is 0 Å². The molecule has 3 heteroatoms. The van der Waals surface area contributed by atoms with Gasteiger partial charge < -0.3 is 9.47 Å². The molecule has 0 saturated carbocycles. The largest absolute Gasteiger partial charge is 0.497 e. The molecular formula is C16H22O3. The molecule has 0 unspecified atom stereocenters. The van der Waals surface area contributed by atoms with Gasteiger partial charge in [0.2, 0.25) is 0 Å². The average Bonchev–Trinajstić information content (AvgIpc) is 2.25. The van der Waals surface area contributed by atoms with Crippen LogP contribution >= 0.6 is 0 Å². The third kappa shape index (κ3) is 2.60. The standard InChI is InChI=1S/C16H22O3/c1-15(2,3)12-8-10(18-6)7-11-13(17)9-16(4,5)19-14(11)12/h7-8H,9H2,1-6H3. The number of carbonyl (C=O) groups excluding carboxylic acids is 1. The van der Waals surface area contributed by atoms with Gasteiger partial charge in [-0.1, -0.05) is 20.8 Å². The molecule has 0 amide bonds. The lowest BCUT2D eigenvalue weighted by molar-refractivity contribution is 0.0607. The van der Waals surface area contributed by atoms with Crippen LogP contribution in [0.25, 0.3) is 0 Å². The number of fused-ring (bicyclic) bond motifs is 1. The van der Waals surface area contributed by atoms with E-state index in [0.29, 0.717) is 17.7 Å². The lowest BCUT2D eigenvalue weighted by atomic mass is 9.82. The normalized spacial score (nSPS) is 17.7. The first kappa shape index (κ1) is 13.9. The third-order valence-corrected chi connectivity index (χ3v) is 3.37. The number of Topliss-reactive ketones (excluding diaryl/α,β-unsaturated/α-hetero) is 1.